The van der Waals surface area contributed by atoms with Gasteiger partial charge < -0.3 is 15.0 Å². The molecule has 2 rings (SSSR count). The third kappa shape index (κ3) is 2.61. The van der Waals surface area contributed by atoms with E-state index in [-0.39, 0.29) is 29.5 Å². The predicted octanol–water partition coefficient (Wildman–Crippen LogP) is 0.752. The number of carbonyl (C=O) groups is 1. The molecular weight excluding hydrogens is 232 g/mol. The molecule has 18 heavy (non-hydrogen) atoms. The Labute approximate surface area is 105 Å². The summed E-state index contributed by atoms with van der Waals surface area (Å²) >= 11 is 0. The second kappa shape index (κ2) is 5.82. The van der Waals surface area contributed by atoms with Crippen molar-refractivity contribution in [1.29, 1.82) is 0 Å². The summed E-state index contributed by atoms with van der Waals surface area (Å²) in [6.07, 6.45) is 6.47. The molecule has 0 aromatic carbocycles. The number of carbonyl (C=O) groups excluding carboxylic acids is 1. The van der Waals surface area contributed by atoms with Crippen molar-refractivity contribution in [3.8, 4) is 0 Å². The van der Waals surface area contributed by atoms with Crippen LogP contribution in [0.2, 0.25) is 0 Å². The SMILES string of the molecule is O=C(c1c[nH]ccc1=O)N1CCCCC1CCO. The highest BCUT2D eigenvalue weighted by atomic mass is 16.3. The molecule has 1 saturated heterocycles. The molecular formula is C13H18N2O3. The molecule has 2 N–H and O–H groups in total. The summed E-state index contributed by atoms with van der Waals surface area (Å²) in [5, 5.41) is 9.04. The molecule has 1 aromatic heterocycles. The van der Waals surface area contributed by atoms with Crippen LogP contribution in [0.25, 0.3) is 0 Å². The van der Waals surface area contributed by atoms with Gasteiger partial charge in [-0.1, -0.05) is 0 Å². The largest absolute Gasteiger partial charge is 0.396 e. The number of H-pyrrole nitrogens is 1. The smallest absolute Gasteiger partial charge is 0.259 e. The van der Waals surface area contributed by atoms with Crippen molar-refractivity contribution in [2.45, 2.75) is 31.7 Å². The summed E-state index contributed by atoms with van der Waals surface area (Å²) in [4.78, 5) is 28.5. The molecule has 1 fully saturated rings. The van der Waals surface area contributed by atoms with Crippen LogP contribution in [-0.2, 0) is 0 Å². The predicted molar refractivity (Wildman–Crippen MR) is 67.4 cm³/mol. The van der Waals surface area contributed by atoms with E-state index in [9.17, 15) is 9.59 Å². The van der Waals surface area contributed by atoms with Crippen LogP contribution >= 0.6 is 0 Å². The van der Waals surface area contributed by atoms with Gasteiger partial charge in [-0.05, 0) is 25.7 Å². The van der Waals surface area contributed by atoms with E-state index in [0.717, 1.165) is 19.3 Å². The molecule has 2 heterocycles. The van der Waals surface area contributed by atoms with Crippen LogP contribution in [0.3, 0.4) is 0 Å². The van der Waals surface area contributed by atoms with Crippen molar-refractivity contribution in [2.75, 3.05) is 13.2 Å². The van der Waals surface area contributed by atoms with E-state index in [1.807, 2.05) is 0 Å². The van der Waals surface area contributed by atoms with E-state index in [2.05, 4.69) is 4.98 Å². The molecule has 1 amide bonds. The highest BCUT2D eigenvalue weighted by molar-refractivity contribution is 5.94. The Hall–Kier alpha value is -1.62. The second-order valence-electron chi connectivity index (χ2n) is 4.58. The Morgan fingerprint density at radius 3 is 3.06 bits per heavy atom. The van der Waals surface area contributed by atoms with Crippen molar-refractivity contribution < 1.29 is 9.90 Å². The van der Waals surface area contributed by atoms with Gasteiger partial charge in [0.05, 0.1) is 0 Å². The van der Waals surface area contributed by atoms with Crippen molar-refractivity contribution in [3.63, 3.8) is 0 Å². The van der Waals surface area contributed by atoms with Gasteiger partial charge in [0.15, 0.2) is 5.43 Å². The molecule has 0 aliphatic carbocycles. The van der Waals surface area contributed by atoms with Gasteiger partial charge >= 0.3 is 0 Å². The monoisotopic (exact) mass is 250 g/mol. The number of piperidine rings is 1. The number of likely N-dealkylation sites (tertiary alicyclic amines) is 1. The number of amides is 1. The number of aromatic amines is 1. The van der Waals surface area contributed by atoms with E-state index < -0.39 is 0 Å². The minimum Gasteiger partial charge on any atom is -0.396 e. The normalized spacial score (nSPS) is 19.8. The third-order valence-corrected chi connectivity index (χ3v) is 3.40. The molecule has 0 spiro atoms. The summed E-state index contributed by atoms with van der Waals surface area (Å²) in [6.45, 7) is 0.734. The summed E-state index contributed by atoms with van der Waals surface area (Å²) in [6, 6.07) is 1.41. The molecule has 1 atom stereocenters. The summed E-state index contributed by atoms with van der Waals surface area (Å²) < 4.78 is 0. The molecule has 1 aromatic rings. The standard InChI is InChI=1S/C13H18N2O3/c16-8-5-10-3-1-2-7-15(10)13(18)11-9-14-6-4-12(11)17/h4,6,9-10,16H,1-3,5,7-8H2,(H,14,17). The fourth-order valence-corrected chi connectivity index (χ4v) is 2.46. The van der Waals surface area contributed by atoms with Gasteiger partial charge in [0, 0.05) is 37.7 Å². The number of pyridine rings is 1. The summed E-state index contributed by atoms with van der Waals surface area (Å²) in [7, 11) is 0. The minimum absolute atomic E-state index is 0.0517. The number of aliphatic hydroxyl groups excluding tert-OH is 1. The van der Waals surface area contributed by atoms with E-state index in [1.165, 1.54) is 18.5 Å². The van der Waals surface area contributed by atoms with E-state index in [1.54, 1.807) is 4.90 Å². The quantitative estimate of drug-likeness (QED) is 0.831. The lowest BCUT2D eigenvalue weighted by atomic mass is 9.98. The van der Waals surface area contributed by atoms with Gasteiger partial charge in [0.2, 0.25) is 0 Å². The van der Waals surface area contributed by atoms with Crippen LogP contribution in [0.15, 0.2) is 23.3 Å². The first kappa shape index (κ1) is 12.8. The van der Waals surface area contributed by atoms with Gasteiger partial charge in [-0.15, -0.1) is 0 Å². The van der Waals surface area contributed by atoms with Gasteiger partial charge in [0.25, 0.3) is 5.91 Å². The highest BCUT2D eigenvalue weighted by Crippen LogP contribution is 2.20. The van der Waals surface area contributed by atoms with E-state index in [0.29, 0.717) is 13.0 Å². The zero-order chi connectivity index (χ0) is 13.0. The molecule has 0 radical (unpaired) electrons. The van der Waals surface area contributed by atoms with Crippen LogP contribution in [0.5, 0.6) is 0 Å². The molecule has 1 unspecified atom stereocenters. The second-order valence-corrected chi connectivity index (χ2v) is 4.58. The van der Waals surface area contributed by atoms with Crippen LogP contribution in [0, 0.1) is 0 Å². The van der Waals surface area contributed by atoms with Crippen LogP contribution in [-0.4, -0.2) is 40.1 Å². The molecule has 1 aliphatic rings. The van der Waals surface area contributed by atoms with Crippen LogP contribution in [0.4, 0.5) is 0 Å². The number of nitrogens with zero attached hydrogens (tertiary/aromatic N) is 1. The van der Waals surface area contributed by atoms with Crippen molar-refractivity contribution >= 4 is 5.91 Å². The lowest BCUT2D eigenvalue weighted by molar-refractivity contribution is 0.0573. The molecule has 0 bridgehead atoms. The van der Waals surface area contributed by atoms with Crippen molar-refractivity contribution in [1.82, 2.24) is 9.88 Å². The molecule has 1 aliphatic heterocycles. The Bertz CT molecular complexity index is 467. The minimum atomic E-state index is -0.257. The van der Waals surface area contributed by atoms with Crippen molar-refractivity contribution in [2.24, 2.45) is 0 Å². The molecule has 98 valence electrons. The van der Waals surface area contributed by atoms with Gasteiger partial charge in [-0.25, -0.2) is 0 Å². The Morgan fingerprint density at radius 2 is 2.33 bits per heavy atom. The number of aliphatic hydroxyl groups is 1. The molecule has 5 heteroatoms. The van der Waals surface area contributed by atoms with E-state index in [4.69, 9.17) is 5.11 Å². The Balaban J connectivity index is 2.21. The number of nitrogens with one attached hydrogen (secondary N) is 1. The maximum absolute atomic E-state index is 12.3. The zero-order valence-corrected chi connectivity index (χ0v) is 10.3. The topological polar surface area (TPSA) is 73.4 Å². The average Bonchev–Trinajstić information content (AvgIpc) is 2.40. The third-order valence-electron chi connectivity index (χ3n) is 3.40. The summed E-state index contributed by atoms with van der Waals surface area (Å²) in [5.41, 5.74) is -0.0746. The first-order chi connectivity index (χ1) is 8.74. The van der Waals surface area contributed by atoms with E-state index >= 15 is 0 Å². The summed E-state index contributed by atoms with van der Waals surface area (Å²) in [5.74, 6) is -0.227. The maximum Gasteiger partial charge on any atom is 0.259 e. The first-order valence-electron chi connectivity index (χ1n) is 6.33. The van der Waals surface area contributed by atoms with Crippen LogP contribution < -0.4 is 5.43 Å². The lowest BCUT2D eigenvalue weighted by Gasteiger charge is -2.35. The number of rotatable bonds is 3. The molecule has 0 saturated carbocycles. The molecule has 5 nitrogen and oxygen atoms in total. The number of aromatic nitrogens is 1. The van der Waals surface area contributed by atoms with Gasteiger partial charge in [-0.2, -0.15) is 0 Å². The van der Waals surface area contributed by atoms with Crippen molar-refractivity contribution in [3.05, 3.63) is 34.2 Å². The Kier molecular flexibility index (Phi) is 4.15. The zero-order valence-electron chi connectivity index (χ0n) is 10.3. The number of hydrogen-bond donors (Lipinski definition) is 2. The Morgan fingerprint density at radius 1 is 1.50 bits per heavy atom. The average molecular weight is 250 g/mol. The highest BCUT2D eigenvalue weighted by Gasteiger charge is 2.28. The lowest BCUT2D eigenvalue weighted by Crippen LogP contribution is -2.45. The number of hydrogen-bond acceptors (Lipinski definition) is 3. The maximum atomic E-state index is 12.3. The fourth-order valence-electron chi connectivity index (χ4n) is 2.46. The first-order valence-corrected chi connectivity index (χ1v) is 6.33. The fraction of sp³-hybridized carbons (Fsp3) is 0.538. The van der Waals surface area contributed by atoms with Crippen LogP contribution in [0.1, 0.15) is 36.0 Å². The van der Waals surface area contributed by atoms with Gasteiger partial charge in [-0.3, -0.25) is 9.59 Å². The van der Waals surface area contributed by atoms with Gasteiger partial charge in [0.1, 0.15) is 5.56 Å².